The van der Waals surface area contributed by atoms with Crippen molar-refractivity contribution >= 4 is 11.7 Å². The molecule has 102 valence electrons. The van der Waals surface area contributed by atoms with E-state index < -0.39 is 0 Å². The average Bonchev–Trinajstić information content (AvgIpc) is 2.86. The first-order chi connectivity index (χ1) is 8.97. The second-order valence-corrected chi connectivity index (χ2v) is 4.64. The summed E-state index contributed by atoms with van der Waals surface area (Å²) >= 11 is 0. The van der Waals surface area contributed by atoms with E-state index in [4.69, 9.17) is 5.73 Å². The van der Waals surface area contributed by atoms with E-state index in [-0.39, 0.29) is 12.5 Å². The van der Waals surface area contributed by atoms with E-state index in [1.807, 2.05) is 13.8 Å². The first kappa shape index (κ1) is 13.1. The zero-order valence-electron chi connectivity index (χ0n) is 11.3. The molecule has 0 aliphatic carbocycles. The van der Waals surface area contributed by atoms with Gasteiger partial charge >= 0.3 is 0 Å². The number of hydrogen-bond donors (Lipinski definition) is 2. The molecule has 19 heavy (non-hydrogen) atoms. The molecule has 3 N–H and O–H groups in total. The molecule has 0 fully saturated rings. The Kier molecular flexibility index (Phi) is 3.55. The number of amides is 1. The van der Waals surface area contributed by atoms with E-state index in [0.29, 0.717) is 12.4 Å². The van der Waals surface area contributed by atoms with Crippen LogP contribution in [0.1, 0.15) is 17.0 Å². The van der Waals surface area contributed by atoms with Crippen LogP contribution in [0.15, 0.2) is 12.3 Å². The summed E-state index contributed by atoms with van der Waals surface area (Å²) in [4.78, 5) is 13.7. The molecule has 0 radical (unpaired) electrons. The Morgan fingerprint density at radius 2 is 2.26 bits per heavy atom. The van der Waals surface area contributed by atoms with Crippen LogP contribution in [-0.4, -0.2) is 37.8 Å². The van der Waals surface area contributed by atoms with E-state index in [1.54, 1.807) is 24.2 Å². The van der Waals surface area contributed by atoms with Gasteiger partial charge in [-0.05, 0) is 13.8 Å². The third-order valence-corrected chi connectivity index (χ3v) is 2.99. The van der Waals surface area contributed by atoms with Gasteiger partial charge < -0.3 is 10.6 Å². The number of nitrogen functional groups attached to an aromatic ring is 1. The SMILES string of the molecule is Cc1cc(N)n(CC(=O)N(C)Cc2cn[nH]c2C)n1. The minimum Gasteiger partial charge on any atom is -0.384 e. The van der Waals surface area contributed by atoms with Gasteiger partial charge in [-0.3, -0.25) is 9.89 Å². The summed E-state index contributed by atoms with van der Waals surface area (Å²) in [6.45, 7) is 4.43. The molecule has 0 atom stereocenters. The molecule has 2 heterocycles. The summed E-state index contributed by atoms with van der Waals surface area (Å²) in [6, 6.07) is 1.74. The highest BCUT2D eigenvalue weighted by molar-refractivity contribution is 5.76. The number of hydrogen-bond acceptors (Lipinski definition) is 4. The monoisotopic (exact) mass is 262 g/mol. The Labute approximate surface area is 111 Å². The number of carbonyl (C=O) groups excluding carboxylic acids is 1. The van der Waals surface area contributed by atoms with E-state index in [1.165, 1.54) is 4.68 Å². The number of aromatic nitrogens is 4. The zero-order valence-corrected chi connectivity index (χ0v) is 11.3. The van der Waals surface area contributed by atoms with E-state index >= 15 is 0 Å². The second-order valence-electron chi connectivity index (χ2n) is 4.64. The van der Waals surface area contributed by atoms with Crippen LogP contribution < -0.4 is 5.73 Å². The fraction of sp³-hybridized carbons (Fsp3) is 0.417. The van der Waals surface area contributed by atoms with Crippen molar-refractivity contribution in [3.8, 4) is 0 Å². The number of aryl methyl sites for hydroxylation is 2. The summed E-state index contributed by atoms with van der Waals surface area (Å²) in [7, 11) is 1.75. The standard InChI is InChI=1S/C12H18N6O/c1-8-4-11(13)18(16-8)7-12(19)17(3)6-10-5-14-15-9(10)2/h4-5H,6-7,13H2,1-3H3,(H,14,15). The molecule has 0 unspecified atom stereocenters. The van der Waals surface area contributed by atoms with Crippen LogP contribution in [0.2, 0.25) is 0 Å². The lowest BCUT2D eigenvalue weighted by Crippen LogP contribution is -2.30. The number of nitrogens with one attached hydrogen (secondary N) is 1. The Morgan fingerprint density at radius 3 is 2.79 bits per heavy atom. The Balaban J connectivity index is 2.00. The lowest BCUT2D eigenvalue weighted by atomic mass is 10.2. The second kappa shape index (κ2) is 5.13. The Bertz CT molecular complexity index is 585. The van der Waals surface area contributed by atoms with Crippen molar-refractivity contribution < 1.29 is 4.79 Å². The third-order valence-electron chi connectivity index (χ3n) is 2.99. The molecule has 2 rings (SSSR count). The summed E-state index contributed by atoms with van der Waals surface area (Å²) in [5.41, 5.74) is 8.54. The maximum atomic E-state index is 12.1. The van der Waals surface area contributed by atoms with Crippen molar-refractivity contribution in [3.63, 3.8) is 0 Å². The number of H-pyrrole nitrogens is 1. The van der Waals surface area contributed by atoms with Crippen LogP contribution in [0, 0.1) is 13.8 Å². The normalized spacial score (nSPS) is 10.7. The predicted octanol–water partition coefficient (Wildman–Crippen LogP) is 0.464. The van der Waals surface area contributed by atoms with Gasteiger partial charge in [0.25, 0.3) is 0 Å². The van der Waals surface area contributed by atoms with Crippen LogP contribution in [0.4, 0.5) is 5.82 Å². The molecule has 0 aromatic carbocycles. The molecule has 7 nitrogen and oxygen atoms in total. The average molecular weight is 262 g/mol. The smallest absolute Gasteiger partial charge is 0.244 e. The summed E-state index contributed by atoms with van der Waals surface area (Å²) in [5.74, 6) is 0.453. The fourth-order valence-electron chi connectivity index (χ4n) is 1.82. The van der Waals surface area contributed by atoms with Gasteiger partial charge in [0.05, 0.1) is 11.9 Å². The number of carbonyl (C=O) groups is 1. The maximum Gasteiger partial charge on any atom is 0.244 e. The molecule has 0 aliphatic rings. The zero-order chi connectivity index (χ0) is 14.0. The molecule has 0 bridgehead atoms. The number of likely N-dealkylation sites (N-methyl/N-ethyl adjacent to an activating group) is 1. The Morgan fingerprint density at radius 1 is 1.53 bits per heavy atom. The number of nitrogens with two attached hydrogens (primary N) is 1. The van der Waals surface area contributed by atoms with Crippen molar-refractivity contribution in [1.29, 1.82) is 0 Å². The molecule has 0 saturated carbocycles. The van der Waals surface area contributed by atoms with Crippen molar-refractivity contribution in [2.75, 3.05) is 12.8 Å². The van der Waals surface area contributed by atoms with Gasteiger partial charge in [0, 0.05) is 30.9 Å². The molecule has 2 aromatic rings. The topological polar surface area (TPSA) is 92.8 Å². The van der Waals surface area contributed by atoms with Crippen molar-refractivity contribution in [2.24, 2.45) is 0 Å². The van der Waals surface area contributed by atoms with Crippen LogP contribution >= 0.6 is 0 Å². The number of rotatable bonds is 4. The molecule has 0 spiro atoms. The first-order valence-corrected chi connectivity index (χ1v) is 6.00. The minimum atomic E-state index is -0.0459. The molecule has 7 heteroatoms. The van der Waals surface area contributed by atoms with Crippen molar-refractivity contribution in [2.45, 2.75) is 26.9 Å². The predicted molar refractivity (Wildman–Crippen MR) is 71.2 cm³/mol. The molecule has 2 aromatic heterocycles. The number of anilines is 1. The lowest BCUT2D eigenvalue weighted by Gasteiger charge is -2.17. The van der Waals surface area contributed by atoms with Crippen LogP contribution in [0.3, 0.4) is 0 Å². The van der Waals surface area contributed by atoms with Gasteiger partial charge in [-0.15, -0.1) is 0 Å². The van der Waals surface area contributed by atoms with E-state index in [9.17, 15) is 4.79 Å². The molecular weight excluding hydrogens is 244 g/mol. The lowest BCUT2D eigenvalue weighted by molar-refractivity contribution is -0.131. The number of aromatic amines is 1. The van der Waals surface area contributed by atoms with Crippen LogP contribution in [0.5, 0.6) is 0 Å². The van der Waals surface area contributed by atoms with Gasteiger partial charge in [0.2, 0.25) is 5.91 Å². The Hall–Kier alpha value is -2.31. The fourth-order valence-corrected chi connectivity index (χ4v) is 1.82. The highest BCUT2D eigenvalue weighted by Crippen LogP contribution is 2.09. The van der Waals surface area contributed by atoms with Crippen LogP contribution in [-0.2, 0) is 17.9 Å². The highest BCUT2D eigenvalue weighted by atomic mass is 16.2. The minimum absolute atomic E-state index is 0.0459. The quantitative estimate of drug-likeness (QED) is 0.837. The summed E-state index contributed by atoms with van der Waals surface area (Å²) in [6.07, 6.45) is 1.73. The van der Waals surface area contributed by atoms with Crippen molar-refractivity contribution in [1.82, 2.24) is 24.9 Å². The third kappa shape index (κ3) is 2.93. The highest BCUT2D eigenvalue weighted by Gasteiger charge is 2.14. The molecule has 0 aliphatic heterocycles. The van der Waals surface area contributed by atoms with Gasteiger partial charge in [-0.25, -0.2) is 4.68 Å². The van der Waals surface area contributed by atoms with E-state index in [2.05, 4.69) is 15.3 Å². The summed E-state index contributed by atoms with van der Waals surface area (Å²) in [5, 5.41) is 11.0. The molecule has 0 saturated heterocycles. The van der Waals surface area contributed by atoms with Gasteiger partial charge in [-0.2, -0.15) is 10.2 Å². The van der Waals surface area contributed by atoms with Gasteiger partial charge in [-0.1, -0.05) is 0 Å². The summed E-state index contributed by atoms with van der Waals surface area (Å²) < 4.78 is 1.51. The van der Waals surface area contributed by atoms with Gasteiger partial charge in [0.1, 0.15) is 12.4 Å². The maximum absolute atomic E-state index is 12.1. The first-order valence-electron chi connectivity index (χ1n) is 6.00. The van der Waals surface area contributed by atoms with Crippen molar-refractivity contribution in [3.05, 3.63) is 29.2 Å². The van der Waals surface area contributed by atoms with E-state index in [0.717, 1.165) is 17.0 Å². The van der Waals surface area contributed by atoms with Gasteiger partial charge in [0.15, 0.2) is 0 Å². The molecular formula is C12H18N6O. The van der Waals surface area contributed by atoms with Crippen LogP contribution in [0.25, 0.3) is 0 Å². The largest absolute Gasteiger partial charge is 0.384 e. The number of nitrogens with zero attached hydrogens (tertiary/aromatic N) is 4. The molecule has 1 amide bonds.